The maximum absolute atomic E-state index is 12.0. The van der Waals surface area contributed by atoms with Crippen molar-refractivity contribution in [3.63, 3.8) is 0 Å². The van der Waals surface area contributed by atoms with Crippen molar-refractivity contribution in [3.8, 4) is 0 Å². The van der Waals surface area contributed by atoms with Gasteiger partial charge in [-0.05, 0) is 31.6 Å². The van der Waals surface area contributed by atoms with E-state index in [0.29, 0.717) is 12.3 Å². The summed E-state index contributed by atoms with van der Waals surface area (Å²) < 4.78 is 0. The molecule has 20 heavy (non-hydrogen) atoms. The van der Waals surface area contributed by atoms with Crippen LogP contribution in [-0.4, -0.2) is 40.9 Å². The lowest BCUT2D eigenvalue weighted by molar-refractivity contribution is -0.124. The largest absolute Gasteiger partial charge is 0.465 e. The monoisotopic (exact) mass is 288 g/mol. The van der Waals surface area contributed by atoms with Crippen molar-refractivity contribution in [2.24, 2.45) is 11.8 Å². The first-order chi connectivity index (χ1) is 9.33. The number of nitrogens with one attached hydrogen (secondary N) is 2. The van der Waals surface area contributed by atoms with Crippen LogP contribution in [0.15, 0.2) is 0 Å². The average Bonchev–Trinajstić information content (AvgIpc) is 2.40. The molecule has 0 saturated carbocycles. The molecule has 0 aliphatic heterocycles. The van der Waals surface area contributed by atoms with Gasteiger partial charge in [-0.3, -0.25) is 4.79 Å². The van der Waals surface area contributed by atoms with E-state index in [4.69, 9.17) is 10.2 Å². The molecule has 0 aromatic rings. The van der Waals surface area contributed by atoms with Crippen molar-refractivity contribution in [1.82, 2.24) is 10.6 Å². The molecule has 0 bridgehead atoms. The van der Waals surface area contributed by atoms with Gasteiger partial charge in [0, 0.05) is 12.6 Å². The highest BCUT2D eigenvalue weighted by atomic mass is 16.4. The Morgan fingerprint density at radius 2 is 1.70 bits per heavy atom. The quantitative estimate of drug-likeness (QED) is 0.517. The van der Waals surface area contributed by atoms with E-state index in [2.05, 4.69) is 24.5 Å². The van der Waals surface area contributed by atoms with Crippen LogP contribution in [0.5, 0.6) is 0 Å². The van der Waals surface area contributed by atoms with Crippen molar-refractivity contribution in [2.45, 2.75) is 59.0 Å². The van der Waals surface area contributed by atoms with Gasteiger partial charge in [-0.1, -0.05) is 27.2 Å². The highest BCUT2D eigenvalue weighted by Crippen LogP contribution is 2.20. The summed E-state index contributed by atoms with van der Waals surface area (Å²) in [6.45, 7) is 7.83. The van der Waals surface area contributed by atoms with Gasteiger partial charge in [-0.25, -0.2) is 4.79 Å². The normalized spacial score (nSPS) is 16.9. The Morgan fingerprint density at radius 1 is 1.10 bits per heavy atom. The first-order valence-electron chi connectivity index (χ1n) is 7.24. The summed E-state index contributed by atoms with van der Waals surface area (Å²) in [4.78, 5) is 22.5. The number of hydrogen-bond donors (Lipinski definition) is 4. The van der Waals surface area contributed by atoms with E-state index in [0.717, 1.165) is 12.8 Å². The van der Waals surface area contributed by atoms with Gasteiger partial charge in [0.05, 0.1) is 0 Å². The molecular weight excluding hydrogens is 260 g/mol. The zero-order valence-electron chi connectivity index (χ0n) is 12.8. The van der Waals surface area contributed by atoms with Crippen LogP contribution >= 0.6 is 0 Å². The molecule has 0 radical (unpaired) electrons. The van der Waals surface area contributed by atoms with Gasteiger partial charge in [0.15, 0.2) is 0 Å². The van der Waals surface area contributed by atoms with Crippen molar-refractivity contribution >= 4 is 12.0 Å². The van der Waals surface area contributed by atoms with E-state index >= 15 is 0 Å². The summed E-state index contributed by atoms with van der Waals surface area (Å²) in [6, 6.07) is -0.791. The molecule has 2 amide bonds. The van der Waals surface area contributed by atoms with Crippen LogP contribution < -0.4 is 10.6 Å². The Bertz CT molecular complexity index is 310. The minimum atomic E-state index is -1.21. The summed E-state index contributed by atoms with van der Waals surface area (Å²) >= 11 is 0. The Hall–Kier alpha value is -1.30. The predicted molar refractivity (Wildman–Crippen MR) is 77.5 cm³/mol. The predicted octanol–water partition coefficient (Wildman–Crippen LogP) is 1.58. The lowest BCUT2D eigenvalue weighted by atomic mass is 9.86. The van der Waals surface area contributed by atoms with E-state index in [9.17, 15) is 9.59 Å². The number of amides is 2. The SMILES string of the molecule is CCC(C)C(NC(=O)C(C)NC(=O)O)C(C)CCCO. The Morgan fingerprint density at radius 3 is 2.15 bits per heavy atom. The minimum absolute atomic E-state index is 0.0166. The third-order valence-electron chi connectivity index (χ3n) is 3.73. The molecule has 0 aromatic carbocycles. The lowest BCUT2D eigenvalue weighted by Gasteiger charge is -2.31. The van der Waals surface area contributed by atoms with E-state index < -0.39 is 12.1 Å². The van der Waals surface area contributed by atoms with Crippen molar-refractivity contribution < 1.29 is 19.8 Å². The molecule has 0 aromatic heterocycles. The highest BCUT2D eigenvalue weighted by Gasteiger charge is 2.26. The first kappa shape index (κ1) is 18.7. The average molecular weight is 288 g/mol. The van der Waals surface area contributed by atoms with Gasteiger partial charge in [0.1, 0.15) is 6.04 Å². The number of carbonyl (C=O) groups is 2. The molecule has 6 heteroatoms. The molecule has 0 heterocycles. The van der Waals surface area contributed by atoms with Crippen LogP contribution in [0.1, 0.15) is 47.0 Å². The van der Waals surface area contributed by atoms with Crippen molar-refractivity contribution in [1.29, 1.82) is 0 Å². The van der Waals surface area contributed by atoms with Crippen LogP contribution in [0.25, 0.3) is 0 Å². The summed E-state index contributed by atoms with van der Waals surface area (Å²) in [6.07, 6.45) is 1.25. The highest BCUT2D eigenvalue weighted by molar-refractivity contribution is 5.85. The maximum atomic E-state index is 12.0. The Kier molecular flexibility index (Phi) is 8.96. The number of rotatable bonds is 9. The van der Waals surface area contributed by atoms with Gasteiger partial charge in [-0.2, -0.15) is 0 Å². The van der Waals surface area contributed by atoms with Crippen molar-refractivity contribution in [3.05, 3.63) is 0 Å². The van der Waals surface area contributed by atoms with Gasteiger partial charge in [-0.15, -0.1) is 0 Å². The third-order valence-corrected chi connectivity index (χ3v) is 3.73. The molecule has 118 valence electrons. The van der Waals surface area contributed by atoms with E-state index in [1.165, 1.54) is 6.92 Å². The molecule has 0 saturated heterocycles. The number of aliphatic hydroxyl groups is 1. The van der Waals surface area contributed by atoms with Crippen LogP contribution in [0, 0.1) is 11.8 Å². The zero-order chi connectivity index (χ0) is 15.7. The van der Waals surface area contributed by atoms with Gasteiger partial charge >= 0.3 is 6.09 Å². The van der Waals surface area contributed by atoms with Gasteiger partial charge in [0.2, 0.25) is 5.91 Å². The molecule has 0 fully saturated rings. The van der Waals surface area contributed by atoms with Crippen LogP contribution in [0.2, 0.25) is 0 Å². The number of hydrogen-bond acceptors (Lipinski definition) is 3. The number of carbonyl (C=O) groups excluding carboxylic acids is 1. The van der Waals surface area contributed by atoms with Crippen molar-refractivity contribution in [2.75, 3.05) is 6.61 Å². The maximum Gasteiger partial charge on any atom is 0.405 e. The van der Waals surface area contributed by atoms with E-state index in [1.807, 2.05) is 6.92 Å². The molecular formula is C14H28N2O4. The lowest BCUT2D eigenvalue weighted by Crippen LogP contribution is -2.51. The molecule has 4 atom stereocenters. The van der Waals surface area contributed by atoms with Gasteiger partial charge in [0.25, 0.3) is 0 Å². The summed E-state index contributed by atoms with van der Waals surface area (Å²) in [5.41, 5.74) is 0. The van der Waals surface area contributed by atoms with Gasteiger partial charge < -0.3 is 20.8 Å². The van der Waals surface area contributed by atoms with E-state index in [-0.39, 0.29) is 24.5 Å². The fourth-order valence-corrected chi connectivity index (χ4v) is 2.23. The third kappa shape index (κ3) is 6.75. The fourth-order valence-electron chi connectivity index (χ4n) is 2.23. The first-order valence-corrected chi connectivity index (χ1v) is 7.24. The smallest absolute Gasteiger partial charge is 0.405 e. The summed E-state index contributed by atoms with van der Waals surface area (Å²) in [5.74, 6) is 0.219. The van der Waals surface area contributed by atoms with Crippen LogP contribution in [0.3, 0.4) is 0 Å². The molecule has 0 aliphatic carbocycles. The molecule has 6 nitrogen and oxygen atoms in total. The zero-order valence-corrected chi connectivity index (χ0v) is 12.8. The molecule has 0 rings (SSSR count). The van der Waals surface area contributed by atoms with Crippen LogP contribution in [0.4, 0.5) is 4.79 Å². The standard InChI is InChI=1S/C14H28N2O4/c1-5-9(2)12(10(3)7-6-8-17)16-13(18)11(4)15-14(19)20/h9-12,15,17H,5-8H2,1-4H3,(H,16,18)(H,19,20). The van der Waals surface area contributed by atoms with E-state index in [1.54, 1.807) is 0 Å². The molecule has 0 aliphatic rings. The second-order valence-corrected chi connectivity index (χ2v) is 5.43. The topological polar surface area (TPSA) is 98.7 Å². The summed E-state index contributed by atoms with van der Waals surface area (Å²) in [5, 5.41) is 22.6. The number of carboxylic acid groups (broad SMARTS) is 1. The molecule has 0 spiro atoms. The molecule has 4 N–H and O–H groups in total. The second-order valence-electron chi connectivity index (χ2n) is 5.43. The molecule has 4 unspecified atom stereocenters. The summed E-state index contributed by atoms with van der Waals surface area (Å²) in [7, 11) is 0. The Labute approximate surface area is 120 Å². The minimum Gasteiger partial charge on any atom is -0.465 e. The fraction of sp³-hybridized carbons (Fsp3) is 0.857. The Balaban J connectivity index is 4.63. The second kappa shape index (κ2) is 9.58. The number of aliphatic hydroxyl groups excluding tert-OH is 1. The van der Waals surface area contributed by atoms with Crippen LogP contribution in [-0.2, 0) is 4.79 Å².